The molecule has 0 saturated carbocycles. The minimum absolute atomic E-state index is 0.0400. The van der Waals surface area contributed by atoms with Gasteiger partial charge >= 0.3 is 0 Å². The minimum Gasteiger partial charge on any atom is -0.356 e. The maximum atomic E-state index is 11.6. The van der Waals surface area contributed by atoms with E-state index in [9.17, 15) is 4.79 Å². The number of nitrogens with zero attached hydrogens (tertiary/aromatic N) is 3. The quantitative estimate of drug-likeness (QED) is 0.788. The second-order valence-corrected chi connectivity index (χ2v) is 5.18. The predicted molar refractivity (Wildman–Crippen MR) is 89.2 cm³/mol. The zero-order chi connectivity index (χ0) is 16.1. The van der Waals surface area contributed by atoms with E-state index in [0.29, 0.717) is 13.0 Å². The van der Waals surface area contributed by atoms with Crippen LogP contribution < -0.4 is 5.32 Å². The van der Waals surface area contributed by atoms with Crippen molar-refractivity contribution in [1.82, 2.24) is 20.1 Å². The Labute approximate surface area is 135 Å². The van der Waals surface area contributed by atoms with Gasteiger partial charge in [-0.15, -0.1) is 0 Å². The first-order valence-corrected chi connectivity index (χ1v) is 7.58. The first kappa shape index (κ1) is 15.0. The Kier molecular flexibility index (Phi) is 4.47. The molecule has 23 heavy (non-hydrogen) atoms. The van der Waals surface area contributed by atoms with E-state index in [1.165, 1.54) is 0 Å². The van der Waals surface area contributed by atoms with Crippen LogP contribution in [0.4, 0.5) is 0 Å². The molecular weight excluding hydrogens is 288 g/mol. The van der Waals surface area contributed by atoms with Crippen LogP contribution in [0, 0.1) is 0 Å². The molecular formula is C18H18N4O. The van der Waals surface area contributed by atoms with E-state index < -0.39 is 0 Å². The Morgan fingerprint density at radius 3 is 2.70 bits per heavy atom. The van der Waals surface area contributed by atoms with Crippen LogP contribution in [0.3, 0.4) is 0 Å². The molecule has 5 heteroatoms. The number of carbonyl (C=O) groups excluding carboxylic acids is 1. The highest BCUT2D eigenvalue weighted by molar-refractivity contribution is 5.78. The van der Waals surface area contributed by atoms with Gasteiger partial charge < -0.3 is 5.32 Å². The second kappa shape index (κ2) is 6.87. The van der Waals surface area contributed by atoms with Gasteiger partial charge in [-0.2, -0.15) is 5.10 Å². The molecule has 5 nitrogen and oxygen atoms in total. The van der Waals surface area contributed by atoms with Crippen LogP contribution in [-0.4, -0.2) is 27.2 Å². The molecule has 2 heterocycles. The number of benzene rings is 1. The fourth-order valence-electron chi connectivity index (χ4n) is 2.35. The average molecular weight is 306 g/mol. The van der Waals surface area contributed by atoms with Crippen molar-refractivity contribution in [2.45, 2.75) is 13.3 Å². The fourth-order valence-corrected chi connectivity index (χ4v) is 2.35. The average Bonchev–Trinajstić information content (AvgIpc) is 3.07. The maximum Gasteiger partial charge on any atom is 0.224 e. The predicted octanol–water partition coefficient (Wildman–Crippen LogP) is 2.61. The van der Waals surface area contributed by atoms with E-state index in [1.807, 2.05) is 60.3 Å². The van der Waals surface area contributed by atoms with Crippen LogP contribution >= 0.6 is 0 Å². The number of pyridine rings is 1. The summed E-state index contributed by atoms with van der Waals surface area (Å²) in [5.41, 5.74) is 3.81. The third-order valence-corrected chi connectivity index (χ3v) is 3.49. The van der Waals surface area contributed by atoms with E-state index >= 15 is 0 Å². The molecule has 1 N–H and O–H groups in total. The summed E-state index contributed by atoms with van der Waals surface area (Å²) in [5.74, 6) is 0.0400. The Balaban J connectivity index is 1.75. The van der Waals surface area contributed by atoms with Gasteiger partial charge in [-0.25, -0.2) is 4.68 Å². The Bertz CT molecular complexity index is 778. The molecule has 0 atom stereocenters. The SMILES string of the molecule is CCNC(=O)Cc1ccc(-n2ccc(-c3cccnc3)n2)cc1. The molecule has 0 fully saturated rings. The summed E-state index contributed by atoms with van der Waals surface area (Å²) in [6, 6.07) is 13.7. The number of aromatic nitrogens is 3. The number of hydrogen-bond acceptors (Lipinski definition) is 3. The Morgan fingerprint density at radius 2 is 2.00 bits per heavy atom. The molecule has 116 valence electrons. The van der Waals surface area contributed by atoms with Crippen molar-refractivity contribution in [3.05, 3.63) is 66.6 Å². The highest BCUT2D eigenvalue weighted by atomic mass is 16.1. The van der Waals surface area contributed by atoms with Crippen molar-refractivity contribution in [3.8, 4) is 16.9 Å². The summed E-state index contributed by atoms with van der Waals surface area (Å²) in [4.78, 5) is 15.7. The van der Waals surface area contributed by atoms with E-state index in [0.717, 1.165) is 22.5 Å². The Hall–Kier alpha value is -2.95. The fraction of sp³-hybridized carbons (Fsp3) is 0.167. The first-order valence-electron chi connectivity index (χ1n) is 7.58. The van der Waals surface area contributed by atoms with Gasteiger partial charge in [-0.05, 0) is 42.8 Å². The van der Waals surface area contributed by atoms with Gasteiger partial charge in [0.1, 0.15) is 0 Å². The van der Waals surface area contributed by atoms with E-state index in [1.54, 1.807) is 12.4 Å². The molecule has 1 amide bonds. The van der Waals surface area contributed by atoms with Crippen LogP contribution in [0.1, 0.15) is 12.5 Å². The first-order chi connectivity index (χ1) is 11.3. The van der Waals surface area contributed by atoms with Gasteiger partial charge in [-0.1, -0.05) is 12.1 Å². The molecule has 0 aliphatic heterocycles. The number of likely N-dealkylation sites (N-methyl/N-ethyl adjacent to an activating group) is 1. The molecule has 0 saturated heterocycles. The lowest BCUT2D eigenvalue weighted by molar-refractivity contribution is -0.120. The van der Waals surface area contributed by atoms with Crippen LogP contribution in [0.2, 0.25) is 0 Å². The third kappa shape index (κ3) is 3.63. The number of carbonyl (C=O) groups is 1. The molecule has 0 unspecified atom stereocenters. The van der Waals surface area contributed by atoms with Crippen molar-refractivity contribution in [1.29, 1.82) is 0 Å². The van der Waals surface area contributed by atoms with Gasteiger partial charge in [0.15, 0.2) is 0 Å². The van der Waals surface area contributed by atoms with Gasteiger partial charge in [-0.3, -0.25) is 9.78 Å². The number of nitrogens with one attached hydrogen (secondary N) is 1. The van der Waals surface area contributed by atoms with Gasteiger partial charge in [0.2, 0.25) is 5.91 Å². The summed E-state index contributed by atoms with van der Waals surface area (Å²) in [6.45, 7) is 2.57. The monoisotopic (exact) mass is 306 g/mol. The topological polar surface area (TPSA) is 59.8 Å². The highest BCUT2D eigenvalue weighted by Gasteiger charge is 2.05. The van der Waals surface area contributed by atoms with Crippen molar-refractivity contribution in [2.75, 3.05) is 6.54 Å². The number of hydrogen-bond donors (Lipinski definition) is 1. The zero-order valence-corrected chi connectivity index (χ0v) is 12.9. The van der Waals surface area contributed by atoms with Gasteiger partial charge in [0, 0.05) is 30.7 Å². The standard InChI is InChI=1S/C18H18N4O/c1-2-20-18(23)12-14-5-7-16(8-6-14)22-11-9-17(21-22)15-4-3-10-19-13-15/h3-11,13H,2,12H2,1H3,(H,20,23). The maximum absolute atomic E-state index is 11.6. The molecule has 0 aliphatic rings. The summed E-state index contributed by atoms with van der Waals surface area (Å²) in [5, 5.41) is 7.37. The smallest absolute Gasteiger partial charge is 0.224 e. The molecule has 0 aliphatic carbocycles. The van der Waals surface area contributed by atoms with Gasteiger partial charge in [0.05, 0.1) is 17.8 Å². The lowest BCUT2D eigenvalue weighted by Gasteiger charge is -2.05. The largest absolute Gasteiger partial charge is 0.356 e. The van der Waals surface area contributed by atoms with Crippen molar-refractivity contribution in [2.24, 2.45) is 0 Å². The molecule has 0 radical (unpaired) electrons. The second-order valence-electron chi connectivity index (χ2n) is 5.18. The Morgan fingerprint density at radius 1 is 1.17 bits per heavy atom. The molecule has 3 aromatic rings. The van der Waals surface area contributed by atoms with Crippen LogP contribution in [0.25, 0.3) is 16.9 Å². The van der Waals surface area contributed by atoms with Crippen LogP contribution in [0.5, 0.6) is 0 Å². The lowest BCUT2D eigenvalue weighted by Crippen LogP contribution is -2.24. The van der Waals surface area contributed by atoms with Crippen molar-refractivity contribution < 1.29 is 4.79 Å². The van der Waals surface area contributed by atoms with Crippen molar-refractivity contribution >= 4 is 5.91 Å². The molecule has 3 rings (SSSR count). The molecule has 2 aromatic heterocycles. The van der Waals surface area contributed by atoms with Gasteiger partial charge in [0.25, 0.3) is 0 Å². The number of amides is 1. The molecule has 0 spiro atoms. The normalized spacial score (nSPS) is 10.5. The summed E-state index contributed by atoms with van der Waals surface area (Å²) < 4.78 is 1.82. The lowest BCUT2D eigenvalue weighted by atomic mass is 10.1. The van der Waals surface area contributed by atoms with E-state index in [2.05, 4.69) is 15.4 Å². The number of rotatable bonds is 5. The summed E-state index contributed by atoms with van der Waals surface area (Å²) in [7, 11) is 0. The van der Waals surface area contributed by atoms with E-state index in [4.69, 9.17) is 0 Å². The zero-order valence-electron chi connectivity index (χ0n) is 12.9. The van der Waals surface area contributed by atoms with Crippen LogP contribution in [0.15, 0.2) is 61.1 Å². The molecule has 0 bridgehead atoms. The third-order valence-electron chi connectivity index (χ3n) is 3.49. The van der Waals surface area contributed by atoms with Crippen LogP contribution in [-0.2, 0) is 11.2 Å². The highest BCUT2D eigenvalue weighted by Crippen LogP contribution is 2.17. The summed E-state index contributed by atoms with van der Waals surface area (Å²) in [6.07, 6.45) is 5.85. The van der Waals surface area contributed by atoms with Crippen molar-refractivity contribution in [3.63, 3.8) is 0 Å². The van der Waals surface area contributed by atoms with E-state index in [-0.39, 0.29) is 5.91 Å². The summed E-state index contributed by atoms with van der Waals surface area (Å²) >= 11 is 0. The molecule has 1 aromatic carbocycles. The minimum atomic E-state index is 0.0400.